The molecule has 20 heavy (non-hydrogen) atoms. The molecule has 1 amide bonds. The Morgan fingerprint density at radius 2 is 2.35 bits per heavy atom. The van der Waals surface area contributed by atoms with Crippen molar-refractivity contribution in [2.45, 2.75) is 32.4 Å². The molecule has 0 aliphatic carbocycles. The van der Waals surface area contributed by atoms with Crippen molar-refractivity contribution in [1.82, 2.24) is 14.9 Å². The topological polar surface area (TPSA) is 58.2 Å². The first kappa shape index (κ1) is 13.1. The zero-order valence-corrected chi connectivity index (χ0v) is 12.1. The molecule has 1 fully saturated rings. The van der Waals surface area contributed by atoms with Crippen LogP contribution in [0.2, 0.25) is 0 Å². The summed E-state index contributed by atoms with van der Waals surface area (Å²) in [6.45, 7) is 3.85. The molecule has 0 spiro atoms. The monoisotopic (exact) mass is 289 g/mol. The van der Waals surface area contributed by atoms with Crippen molar-refractivity contribution in [3.8, 4) is 0 Å². The predicted molar refractivity (Wildman–Crippen MR) is 79.3 cm³/mol. The van der Waals surface area contributed by atoms with Crippen LogP contribution in [0.15, 0.2) is 24.7 Å². The van der Waals surface area contributed by atoms with E-state index < -0.39 is 6.10 Å². The normalized spacial score (nSPS) is 19.1. The average molecular weight is 289 g/mol. The lowest BCUT2D eigenvalue weighted by molar-refractivity contribution is -0.130. The minimum atomic E-state index is -0.530. The number of aromatic amines is 1. The number of hydrogen-bond donors (Lipinski definition) is 1. The number of carbonyl (C=O) groups excluding carboxylic acids is 1. The predicted octanol–water partition coefficient (Wildman–Crippen LogP) is 2.03. The highest BCUT2D eigenvalue weighted by Gasteiger charge is 2.39. The largest absolute Gasteiger partial charge is 0.457 e. The van der Waals surface area contributed by atoms with Crippen LogP contribution >= 0.6 is 12.2 Å². The van der Waals surface area contributed by atoms with Crippen LogP contribution in [0.4, 0.5) is 0 Å². The lowest BCUT2D eigenvalue weighted by Gasteiger charge is -2.16. The molecule has 1 atom stereocenters. The van der Waals surface area contributed by atoms with E-state index in [1.807, 2.05) is 26.1 Å². The number of ether oxygens (including phenoxy) is 1. The molecule has 1 aliphatic heterocycles. The van der Waals surface area contributed by atoms with Gasteiger partial charge in [0.05, 0.1) is 11.7 Å². The van der Waals surface area contributed by atoms with Gasteiger partial charge in [0.1, 0.15) is 0 Å². The summed E-state index contributed by atoms with van der Waals surface area (Å²) < 4.78 is 5.55. The molecule has 0 aromatic carbocycles. The molecule has 104 valence electrons. The maximum absolute atomic E-state index is 12.3. The molecule has 0 bridgehead atoms. The standard InChI is InChI=1S/C14H15N3O2S/c1-8(2)17-13(18)12(19-14(17)20)5-9-6-16-11-7-15-4-3-10(9)11/h3-4,6-8,12,16H,5H2,1-2H3. The van der Waals surface area contributed by atoms with Gasteiger partial charge >= 0.3 is 0 Å². The van der Waals surface area contributed by atoms with Crippen LogP contribution in [0.5, 0.6) is 0 Å². The maximum atomic E-state index is 12.3. The fourth-order valence-corrected chi connectivity index (χ4v) is 2.89. The van der Waals surface area contributed by atoms with E-state index in [2.05, 4.69) is 9.97 Å². The molecular weight excluding hydrogens is 274 g/mol. The van der Waals surface area contributed by atoms with E-state index in [9.17, 15) is 4.79 Å². The van der Waals surface area contributed by atoms with Crippen LogP contribution in [0.25, 0.3) is 10.9 Å². The van der Waals surface area contributed by atoms with Gasteiger partial charge in [-0.25, -0.2) is 0 Å². The van der Waals surface area contributed by atoms with Crippen molar-refractivity contribution in [2.75, 3.05) is 0 Å². The Kier molecular flexibility index (Phi) is 3.17. The Morgan fingerprint density at radius 1 is 1.55 bits per heavy atom. The second kappa shape index (κ2) is 4.86. The Balaban J connectivity index is 1.85. The zero-order valence-electron chi connectivity index (χ0n) is 11.3. The van der Waals surface area contributed by atoms with E-state index in [4.69, 9.17) is 17.0 Å². The van der Waals surface area contributed by atoms with Crippen molar-refractivity contribution in [1.29, 1.82) is 0 Å². The Bertz CT molecular complexity index is 680. The zero-order chi connectivity index (χ0) is 14.3. The van der Waals surface area contributed by atoms with Crippen LogP contribution in [0, 0.1) is 0 Å². The first-order valence-corrected chi connectivity index (χ1v) is 6.92. The van der Waals surface area contributed by atoms with E-state index in [1.165, 1.54) is 4.90 Å². The van der Waals surface area contributed by atoms with Crippen molar-refractivity contribution < 1.29 is 9.53 Å². The van der Waals surface area contributed by atoms with Crippen molar-refractivity contribution in [2.24, 2.45) is 0 Å². The molecule has 2 aromatic rings. The summed E-state index contributed by atoms with van der Waals surface area (Å²) in [6.07, 6.45) is 5.37. The summed E-state index contributed by atoms with van der Waals surface area (Å²) in [7, 11) is 0. The molecule has 6 heteroatoms. The van der Waals surface area contributed by atoms with E-state index in [0.717, 1.165) is 16.5 Å². The Labute approximate surface area is 121 Å². The highest BCUT2D eigenvalue weighted by atomic mass is 32.1. The number of aromatic nitrogens is 2. The maximum Gasteiger partial charge on any atom is 0.271 e. The summed E-state index contributed by atoms with van der Waals surface area (Å²) in [5.41, 5.74) is 1.99. The Morgan fingerprint density at radius 3 is 3.05 bits per heavy atom. The minimum Gasteiger partial charge on any atom is -0.457 e. The highest BCUT2D eigenvalue weighted by molar-refractivity contribution is 7.80. The van der Waals surface area contributed by atoms with Gasteiger partial charge in [0.25, 0.3) is 11.1 Å². The quantitative estimate of drug-likeness (QED) is 0.878. The number of rotatable bonds is 3. The van der Waals surface area contributed by atoms with Gasteiger partial charge in [0, 0.05) is 30.2 Å². The number of carbonyl (C=O) groups is 1. The summed E-state index contributed by atoms with van der Waals surface area (Å²) >= 11 is 5.13. The molecule has 1 saturated heterocycles. The molecule has 3 heterocycles. The van der Waals surface area contributed by atoms with Gasteiger partial charge in [0.15, 0.2) is 6.10 Å². The Hall–Kier alpha value is -1.95. The van der Waals surface area contributed by atoms with E-state index in [-0.39, 0.29) is 17.1 Å². The van der Waals surface area contributed by atoms with Gasteiger partial charge in [-0.15, -0.1) is 0 Å². The fraction of sp³-hybridized carbons (Fsp3) is 0.357. The number of thiocarbonyl (C=S) groups is 1. The minimum absolute atomic E-state index is 0.0205. The summed E-state index contributed by atoms with van der Waals surface area (Å²) in [5.74, 6) is -0.0617. The SMILES string of the molecule is CC(C)N1C(=O)C(Cc2c[nH]c3cnccc23)OC1=S. The number of amides is 1. The molecule has 1 aliphatic rings. The van der Waals surface area contributed by atoms with Gasteiger partial charge in [-0.05, 0) is 37.7 Å². The number of pyridine rings is 1. The van der Waals surface area contributed by atoms with Gasteiger partial charge in [-0.2, -0.15) is 0 Å². The van der Waals surface area contributed by atoms with Gasteiger partial charge < -0.3 is 9.72 Å². The van der Waals surface area contributed by atoms with Gasteiger partial charge in [-0.3, -0.25) is 14.7 Å². The van der Waals surface area contributed by atoms with Crippen LogP contribution in [0.3, 0.4) is 0 Å². The van der Waals surface area contributed by atoms with Crippen LogP contribution in [0.1, 0.15) is 19.4 Å². The van der Waals surface area contributed by atoms with Crippen LogP contribution in [-0.4, -0.2) is 38.1 Å². The van der Waals surface area contributed by atoms with E-state index in [0.29, 0.717) is 6.42 Å². The molecule has 1 N–H and O–H groups in total. The molecule has 1 unspecified atom stereocenters. The number of fused-ring (bicyclic) bond motifs is 1. The van der Waals surface area contributed by atoms with E-state index >= 15 is 0 Å². The van der Waals surface area contributed by atoms with Gasteiger partial charge in [-0.1, -0.05) is 0 Å². The number of hydrogen-bond acceptors (Lipinski definition) is 4. The average Bonchev–Trinajstić information content (AvgIpc) is 2.93. The summed E-state index contributed by atoms with van der Waals surface area (Å²) in [5, 5.41) is 1.34. The summed E-state index contributed by atoms with van der Waals surface area (Å²) in [6, 6.07) is 1.95. The van der Waals surface area contributed by atoms with Crippen LogP contribution in [-0.2, 0) is 16.0 Å². The second-order valence-electron chi connectivity index (χ2n) is 5.11. The second-order valence-corrected chi connectivity index (χ2v) is 5.46. The molecule has 3 rings (SSSR count). The fourth-order valence-electron chi connectivity index (χ4n) is 2.47. The highest BCUT2D eigenvalue weighted by Crippen LogP contribution is 2.24. The molecule has 5 nitrogen and oxygen atoms in total. The number of nitrogens with zero attached hydrogens (tertiary/aromatic N) is 2. The first-order valence-electron chi connectivity index (χ1n) is 6.51. The first-order chi connectivity index (χ1) is 9.58. The molecule has 0 radical (unpaired) electrons. The van der Waals surface area contributed by atoms with Crippen LogP contribution < -0.4 is 0 Å². The lowest BCUT2D eigenvalue weighted by atomic mass is 10.1. The number of nitrogens with one attached hydrogen (secondary N) is 1. The van der Waals surface area contributed by atoms with Crippen molar-refractivity contribution in [3.63, 3.8) is 0 Å². The third-order valence-corrected chi connectivity index (χ3v) is 3.74. The van der Waals surface area contributed by atoms with Crippen molar-refractivity contribution >= 4 is 34.2 Å². The smallest absolute Gasteiger partial charge is 0.271 e. The van der Waals surface area contributed by atoms with Gasteiger partial charge in [0.2, 0.25) is 0 Å². The third kappa shape index (κ3) is 2.06. The summed E-state index contributed by atoms with van der Waals surface area (Å²) in [4.78, 5) is 21.1. The molecular formula is C14H15N3O2S. The third-order valence-electron chi connectivity index (χ3n) is 3.44. The molecule has 2 aromatic heterocycles. The van der Waals surface area contributed by atoms with Crippen molar-refractivity contribution in [3.05, 3.63) is 30.2 Å². The number of H-pyrrole nitrogens is 1. The molecule has 0 saturated carbocycles. The lowest BCUT2D eigenvalue weighted by Crippen LogP contribution is -2.37. The van der Waals surface area contributed by atoms with E-state index in [1.54, 1.807) is 12.4 Å².